The molecule has 2 heterocycles. The predicted molar refractivity (Wildman–Crippen MR) is 136 cm³/mol. The van der Waals surface area contributed by atoms with Crippen LogP contribution in [0.15, 0.2) is 54.6 Å². The number of fused-ring (bicyclic) bond motifs is 2. The van der Waals surface area contributed by atoms with Crippen LogP contribution in [0.4, 0.5) is 11.4 Å². The lowest BCUT2D eigenvalue weighted by Crippen LogP contribution is -2.36. The van der Waals surface area contributed by atoms with Crippen LogP contribution < -0.4 is 16.0 Å². The van der Waals surface area contributed by atoms with E-state index in [2.05, 4.69) is 16.0 Å². The van der Waals surface area contributed by atoms with Gasteiger partial charge in [0.1, 0.15) is 0 Å². The maximum absolute atomic E-state index is 13.3. The number of carbonyl (C=O) groups is 4. The van der Waals surface area contributed by atoms with Crippen molar-refractivity contribution in [1.29, 1.82) is 0 Å². The molecule has 0 radical (unpaired) electrons. The minimum Gasteiger partial charge on any atom is -0.348 e. The Morgan fingerprint density at radius 1 is 0.889 bits per heavy atom. The number of benzene rings is 3. The van der Waals surface area contributed by atoms with Gasteiger partial charge in [0.25, 0.3) is 17.7 Å². The second kappa shape index (κ2) is 9.30. The Bertz CT molecular complexity index is 1430. The van der Waals surface area contributed by atoms with Crippen LogP contribution in [-0.2, 0) is 24.3 Å². The van der Waals surface area contributed by atoms with Crippen LogP contribution in [0.3, 0.4) is 0 Å². The zero-order valence-corrected chi connectivity index (χ0v) is 20.1. The fourth-order valence-electron chi connectivity index (χ4n) is 4.72. The molecular formula is C28H26N4O4. The summed E-state index contributed by atoms with van der Waals surface area (Å²) >= 11 is 0. The van der Waals surface area contributed by atoms with E-state index in [4.69, 9.17) is 0 Å². The molecule has 2 aliphatic heterocycles. The maximum atomic E-state index is 13.3. The largest absolute Gasteiger partial charge is 0.348 e. The molecule has 0 aliphatic carbocycles. The molecule has 0 aromatic heterocycles. The lowest BCUT2D eigenvalue weighted by Gasteiger charge is -2.30. The average molecular weight is 483 g/mol. The first-order valence-corrected chi connectivity index (χ1v) is 11.8. The highest BCUT2D eigenvalue weighted by Gasteiger charge is 2.24. The number of hydrogen-bond donors (Lipinski definition) is 3. The SMILES string of the molecule is CC(=O)Nc1ccc(C(=O)N2CCc3ccc(C(=O)Nc4ccc5c(c4)C(=O)NC5)cc3C2)c(C)c1. The average Bonchev–Trinajstić information content (AvgIpc) is 3.22. The summed E-state index contributed by atoms with van der Waals surface area (Å²) in [6, 6.07) is 16.1. The van der Waals surface area contributed by atoms with Crippen LogP contribution in [-0.4, -0.2) is 35.1 Å². The van der Waals surface area contributed by atoms with Gasteiger partial charge in [0.05, 0.1) is 0 Å². The third-order valence-electron chi connectivity index (χ3n) is 6.60. The first kappa shape index (κ1) is 23.3. The van der Waals surface area contributed by atoms with Gasteiger partial charge in [-0.05, 0) is 78.1 Å². The molecule has 3 aromatic carbocycles. The summed E-state index contributed by atoms with van der Waals surface area (Å²) in [7, 11) is 0. The third-order valence-corrected chi connectivity index (χ3v) is 6.60. The first-order chi connectivity index (χ1) is 17.3. The molecule has 0 spiro atoms. The van der Waals surface area contributed by atoms with E-state index in [1.807, 2.05) is 25.1 Å². The number of amides is 4. The lowest BCUT2D eigenvalue weighted by atomic mass is 9.96. The van der Waals surface area contributed by atoms with Gasteiger partial charge >= 0.3 is 0 Å². The van der Waals surface area contributed by atoms with Crippen LogP contribution in [0, 0.1) is 6.92 Å². The smallest absolute Gasteiger partial charge is 0.255 e. The number of aryl methyl sites for hydroxylation is 1. The van der Waals surface area contributed by atoms with Crippen molar-refractivity contribution >= 4 is 35.0 Å². The van der Waals surface area contributed by atoms with Crippen LogP contribution in [0.1, 0.15) is 60.3 Å². The molecule has 5 rings (SSSR count). The van der Waals surface area contributed by atoms with E-state index >= 15 is 0 Å². The summed E-state index contributed by atoms with van der Waals surface area (Å²) in [4.78, 5) is 51.2. The van der Waals surface area contributed by atoms with Gasteiger partial charge in [-0.1, -0.05) is 12.1 Å². The van der Waals surface area contributed by atoms with E-state index in [1.165, 1.54) is 6.92 Å². The van der Waals surface area contributed by atoms with Gasteiger partial charge in [-0.15, -0.1) is 0 Å². The fourth-order valence-corrected chi connectivity index (χ4v) is 4.72. The van der Waals surface area contributed by atoms with Crippen molar-refractivity contribution in [3.8, 4) is 0 Å². The molecular weight excluding hydrogens is 456 g/mol. The highest BCUT2D eigenvalue weighted by Crippen LogP contribution is 2.25. The molecule has 2 aliphatic rings. The van der Waals surface area contributed by atoms with Crippen molar-refractivity contribution in [3.63, 3.8) is 0 Å². The van der Waals surface area contributed by atoms with Crippen LogP contribution in [0.5, 0.6) is 0 Å². The van der Waals surface area contributed by atoms with E-state index in [0.29, 0.717) is 54.1 Å². The van der Waals surface area contributed by atoms with Crippen molar-refractivity contribution in [2.45, 2.75) is 33.4 Å². The highest BCUT2D eigenvalue weighted by molar-refractivity contribution is 6.06. The van der Waals surface area contributed by atoms with Gasteiger partial charge in [0.15, 0.2) is 0 Å². The molecule has 0 saturated heterocycles. The van der Waals surface area contributed by atoms with Crippen LogP contribution in [0.25, 0.3) is 0 Å². The number of rotatable bonds is 4. The van der Waals surface area contributed by atoms with Gasteiger partial charge in [0, 0.05) is 54.6 Å². The zero-order valence-electron chi connectivity index (χ0n) is 20.1. The number of nitrogens with zero attached hydrogens (tertiary/aromatic N) is 1. The first-order valence-electron chi connectivity index (χ1n) is 11.8. The van der Waals surface area contributed by atoms with E-state index in [9.17, 15) is 19.2 Å². The summed E-state index contributed by atoms with van der Waals surface area (Å²) in [5.41, 5.74) is 6.61. The molecule has 3 N–H and O–H groups in total. The van der Waals surface area contributed by atoms with Gasteiger partial charge < -0.3 is 20.9 Å². The molecule has 3 aromatic rings. The number of hydrogen-bond acceptors (Lipinski definition) is 4. The van der Waals surface area contributed by atoms with Gasteiger partial charge in [-0.3, -0.25) is 19.2 Å². The normalized spacial score (nSPS) is 13.9. The summed E-state index contributed by atoms with van der Waals surface area (Å²) in [6.45, 7) is 4.78. The van der Waals surface area contributed by atoms with Crippen molar-refractivity contribution in [2.24, 2.45) is 0 Å². The molecule has 0 fully saturated rings. The highest BCUT2D eigenvalue weighted by atomic mass is 16.2. The van der Waals surface area contributed by atoms with E-state index in [0.717, 1.165) is 22.3 Å². The Morgan fingerprint density at radius 3 is 2.42 bits per heavy atom. The summed E-state index contributed by atoms with van der Waals surface area (Å²) in [6.07, 6.45) is 0.700. The Balaban J connectivity index is 1.31. The van der Waals surface area contributed by atoms with Gasteiger partial charge in [-0.25, -0.2) is 0 Å². The van der Waals surface area contributed by atoms with Crippen LogP contribution >= 0.6 is 0 Å². The number of nitrogens with one attached hydrogen (secondary N) is 3. The molecule has 0 bridgehead atoms. The molecule has 0 unspecified atom stereocenters. The minimum absolute atomic E-state index is 0.0844. The Kier molecular flexibility index (Phi) is 6.01. The predicted octanol–water partition coefficient (Wildman–Crippen LogP) is 3.65. The second-order valence-corrected chi connectivity index (χ2v) is 9.18. The van der Waals surface area contributed by atoms with Crippen molar-refractivity contribution in [2.75, 3.05) is 17.2 Å². The molecule has 0 atom stereocenters. The quantitative estimate of drug-likeness (QED) is 0.528. The number of carbonyl (C=O) groups excluding carboxylic acids is 4. The molecule has 0 saturated carbocycles. The van der Waals surface area contributed by atoms with E-state index < -0.39 is 0 Å². The maximum Gasteiger partial charge on any atom is 0.255 e. The lowest BCUT2D eigenvalue weighted by molar-refractivity contribution is -0.114. The van der Waals surface area contributed by atoms with Gasteiger partial charge in [-0.2, -0.15) is 0 Å². The third kappa shape index (κ3) is 4.57. The van der Waals surface area contributed by atoms with E-state index in [-0.39, 0.29) is 23.6 Å². The fraction of sp³-hybridized carbons (Fsp3) is 0.214. The number of anilines is 2. The van der Waals surface area contributed by atoms with Crippen molar-refractivity contribution in [1.82, 2.24) is 10.2 Å². The summed E-state index contributed by atoms with van der Waals surface area (Å²) in [5, 5.41) is 8.37. The molecule has 182 valence electrons. The Labute approximate surface area is 208 Å². The van der Waals surface area contributed by atoms with Crippen molar-refractivity contribution < 1.29 is 19.2 Å². The molecule has 8 heteroatoms. The molecule has 8 nitrogen and oxygen atoms in total. The molecule has 36 heavy (non-hydrogen) atoms. The zero-order chi connectivity index (χ0) is 25.4. The monoisotopic (exact) mass is 482 g/mol. The molecule has 4 amide bonds. The standard InChI is InChI=1S/C28H26N4O4/c1-16-11-22(30-17(2)33)7-8-24(16)28(36)32-10-9-18-3-4-19(12-21(18)15-32)26(34)31-23-6-5-20-14-29-27(35)25(20)13-23/h3-8,11-13H,9-10,14-15H2,1-2H3,(H,29,35)(H,30,33)(H,31,34). The van der Waals surface area contributed by atoms with Crippen LogP contribution in [0.2, 0.25) is 0 Å². The summed E-state index contributed by atoms with van der Waals surface area (Å²) in [5.74, 6) is -0.662. The minimum atomic E-state index is -0.274. The van der Waals surface area contributed by atoms with Gasteiger partial charge in [0.2, 0.25) is 5.91 Å². The topological polar surface area (TPSA) is 108 Å². The second-order valence-electron chi connectivity index (χ2n) is 9.18. The van der Waals surface area contributed by atoms with E-state index in [1.54, 1.807) is 41.3 Å². The van der Waals surface area contributed by atoms with Crippen molar-refractivity contribution in [3.05, 3.63) is 93.5 Å². The Morgan fingerprint density at radius 2 is 1.64 bits per heavy atom. The summed E-state index contributed by atoms with van der Waals surface area (Å²) < 4.78 is 0. The Hall–Kier alpha value is -4.46.